The van der Waals surface area contributed by atoms with Crippen LogP contribution in [-0.4, -0.2) is 119 Å². The smallest absolute Gasteiger partial charge is 0.269 e. The zero-order chi connectivity index (χ0) is 36.4. The molecule has 8 bridgehead atoms. The van der Waals surface area contributed by atoms with E-state index in [1.54, 1.807) is 0 Å². The molecule has 0 aromatic heterocycles. The first-order valence-electron chi connectivity index (χ1n) is 19.4. The number of fused-ring (bicyclic) bond motifs is 20. The molecule has 22 atom stereocenters. The minimum absolute atomic E-state index is 0. The fourth-order valence-electron chi connectivity index (χ4n) is 12.7. The molecule has 5 heterocycles. The molecule has 0 aromatic rings. The Morgan fingerprint density at radius 1 is 0.434 bits per heavy atom. The SMILES string of the molecule is O=S(=O)(O)C1CCC2C3NC4NC(NC5NC(NC6NC(NC(N3)C2C1S(=O)(=O)O)C1C(O)C(O)C(Cl)C(Cl)C61)C1CCCCC51)C1CCCCC41.[Co]. The van der Waals surface area contributed by atoms with Gasteiger partial charge in [-0.25, -0.2) is 0 Å². The first kappa shape index (κ1) is 40.3. The molecule has 0 aromatic carbocycles. The monoisotopic (exact) mass is 871 g/mol. The molecule has 5 saturated heterocycles. The molecule has 12 N–H and O–H groups in total. The van der Waals surface area contributed by atoms with E-state index in [0.717, 1.165) is 44.9 Å². The van der Waals surface area contributed by atoms with Crippen LogP contribution in [-0.2, 0) is 37.0 Å². The van der Waals surface area contributed by atoms with Crippen molar-refractivity contribution in [2.45, 2.75) is 147 Å². The molecule has 53 heavy (non-hydrogen) atoms. The quantitative estimate of drug-likeness (QED) is 0.114. The van der Waals surface area contributed by atoms with Crippen LogP contribution in [0.1, 0.15) is 64.2 Å². The van der Waals surface area contributed by atoms with Crippen LogP contribution in [0.4, 0.5) is 0 Å². The van der Waals surface area contributed by atoms with Crippen LogP contribution in [0, 0.1) is 47.3 Å². The van der Waals surface area contributed by atoms with E-state index >= 15 is 0 Å². The Balaban J connectivity index is 0.00000400. The second-order valence-corrected chi connectivity index (χ2v) is 21.5. The van der Waals surface area contributed by atoms with Crippen molar-refractivity contribution in [2.75, 3.05) is 0 Å². The van der Waals surface area contributed by atoms with Gasteiger partial charge in [-0.2, -0.15) is 16.8 Å². The number of aliphatic hydroxyl groups excluding tert-OH is 2. The maximum atomic E-state index is 13.2. The number of rotatable bonds is 2. The van der Waals surface area contributed by atoms with E-state index in [1.165, 1.54) is 6.42 Å². The van der Waals surface area contributed by atoms with Crippen molar-refractivity contribution < 1.29 is 52.9 Å². The van der Waals surface area contributed by atoms with E-state index in [2.05, 4.69) is 42.5 Å². The molecular weight excluding hydrogens is 818 g/mol. The van der Waals surface area contributed by atoms with Crippen molar-refractivity contribution >= 4 is 43.4 Å². The molecule has 9 rings (SSSR count). The first-order chi connectivity index (χ1) is 24.7. The van der Waals surface area contributed by atoms with Crippen LogP contribution in [0.2, 0.25) is 0 Å². The Hall–Kier alpha value is 0.506. The number of alkyl halides is 2. The summed E-state index contributed by atoms with van der Waals surface area (Å²) < 4.78 is 72.6. The van der Waals surface area contributed by atoms with Gasteiger partial charge in [0.1, 0.15) is 10.5 Å². The molecule has 21 heteroatoms. The van der Waals surface area contributed by atoms with Crippen molar-refractivity contribution in [2.24, 2.45) is 47.3 Å². The zero-order valence-electron chi connectivity index (χ0n) is 29.1. The average molecular weight is 873 g/mol. The van der Waals surface area contributed by atoms with E-state index < -0.39 is 102 Å². The molecule has 5 aliphatic heterocycles. The van der Waals surface area contributed by atoms with Gasteiger partial charge in [-0.05, 0) is 68.1 Å². The molecule has 0 amide bonds. The van der Waals surface area contributed by atoms with Gasteiger partial charge in [0.25, 0.3) is 20.2 Å². The minimum Gasteiger partial charge on any atom is -0.390 e. The Bertz CT molecular complexity index is 1600. The van der Waals surface area contributed by atoms with Crippen LogP contribution in [0.3, 0.4) is 0 Å². The van der Waals surface area contributed by atoms with Gasteiger partial charge >= 0.3 is 0 Å². The van der Waals surface area contributed by atoms with Gasteiger partial charge in [-0.15, -0.1) is 23.2 Å². The molecule has 0 spiro atoms. The van der Waals surface area contributed by atoms with E-state index in [0.29, 0.717) is 23.7 Å². The third-order valence-electron chi connectivity index (χ3n) is 14.9. The summed E-state index contributed by atoms with van der Waals surface area (Å²) in [6.45, 7) is 0. The molecule has 305 valence electrons. The predicted molar refractivity (Wildman–Crippen MR) is 191 cm³/mol. The van der Waals surface area contributed by atoms with E-state index in [9.17, 15) is 36.2 Å². The zero-order valence-corrected chi connectivity index (χ0v) is 33.3. The summed E-state index contributed by atoms with van der Waals surface area (Å²) in [5, 5.41) is 47.5. The molecule has 22 unspecified atom stereocenters. The van der Waals surface area contributed by atoms with Crippen LogP contribution in [0.25, 0.3) is 0 Å². The molecular formula is C32H54Cl2CoN8O8S2. The Morgan fingerprint density at radius 2 is 0.811 bits per heavy atom. The maximum Gasteiger partial charge on any atom is 0.269 e. The van der Waals surface area contributed by atoms with Crippen molar-refractivity contribution in [3.8, 4) is 0 Å². The molecule has 9 aliphatic rings. The van der Waals surface area contributed by atoms with Gasteiger partial charge in [0, 0.05) is 34.5 Å². The average Bonchev–Trinajstić information content (AvgIpc) is 3.84. The topological polar surface area (TPSA) is 245 Å². The standard InChI is InChI=1S/C32H54Cl2N8O8S2.Co/c33-20-18-19(22(43)23(44)21(20)34)32-41-30-17-15(9-10-16(51(45,46)47)24(17)52(48,49)50)29(40-30)38-27-12-6-2-1-5-11(12)25(36-27)35-26-13-7-3-4-8-14(13)28(37-26)39-31(18)42-32;/h11-32,35-44H,1-10H2,(H,45,46,47)(H,48,49,50);. The summed E-state index contributed by atoms with van der Waals surface area (Å²) in [6, 6.07) is 0. The fourth-order valence-corrected chi connectivity index (χ4v) is 16.5. The summed E-state index contributed by atoms with van der Waals surface area (Å²) in [4.78, 5) is 0. The fraction of sp³-hybridized carbons (Fsp3) is 1.00. The van der Waals surface area contributed by atoms with Gasteiger partial charge in [0.05, 0.1) is 72.3 Å². The van der Waals surface area contributed by atoms with Gasteiger partial charge in [0.15, 0.2) is 0 Å². The van der Waals surface area contributed by atoms with Gasteiger partial charge in [-0.3, -0.25) is 51.6 Å². The van der Waals surface area contributed by atoms with Crippen LogP contribution in [0.15, 0.2) is 0 Å². The number of aliphatic hydroxyl groups is 2. The van der Waals surface area contributed by atoms with Gasteiger partial charge < -0.3 is 10.2 Å². The predicted octanol–water partition coefficient (Wildman–Crippen LogP) is -1.29. The molecule has 4 saturated carbocycles. The summed E-state index contributed by atoms with van der Waals surface area (Å²) in [5.41, 5.74) is 0. The number of hydrogen-bond donors (Lipinski definition) is 12. The third-order valence-corrected chi connectivity index (χ3v) is 18.9. The number of nitrogens with one attached hydrogen (secondary N) is 8. The van der Waals surface area contributed by atoms with Crippen LogP contribution in [0.5, 0.6) is 0 Å². The van der Waals surface area contributed by atoms with Crippen molar-refractivity contribution in [3.63, 3.8) is 0 Å². The molecule has 4 aliphatic carbocycles. The van der Waals surface area contributed by atoms with Gasteiger partial charge in [0.2, 0.25) is 0 Å². The largest absolute Gasteiger partial charge is 0.390 e. The van der Waals surface area contributed by atoms with E-state index in [1.807, 2.05) is 0 Å². The third kappa shape index (κ3) is 6.88. The summed E-state index contributed by atoms with van der Waals surface area (Å²) in [6.07, 6.45) is 3.57. The molecule has 16 nitrogen and oxygen atoms in total. The first-order valence-corrected chi connectivity index (χ1v) is 23.2. The van der Waals surface area contributed by atoms with Crippen molar-refractivity contribution in [3.05, 3.63) is 0 Å². The van der Waals surface area contributed by atoms with E-state index in [-0.39, 0.29) is 54.3 Å². The van der Waals surface area contributed by atoms with Gasteiger partial charge in [-0.1, -0.05) is 25.7 Å². The minimum atomic E-state index is -4.99. The second kappa shape index (κ2) is 15.0. The summed E-state index contributed by atoms with van der Waals surface area (Å²) >= 11 is 13.7. The van der Waals surface area contributed by atoms with Crippen molar-refractivity contribution in [1.82, 2.24) is 42.5 Å². The van der Waals surface area contributed by atoms with Crippen LogP contribution < -0.4 is 42.5 Å². The Morgan fingerprint density at radius 3 is 1.25 bits per heavy atom. The maximum absolute atomic E-state index is 13.2. The molecule has 1 radical (unpaired) electrons. The summed E-state index contributed by atoms with van der Waals surface area (Å²) in [5.74, 6) is -1.17. The van der Waals surface area contributed by atoms with Crippen LogP contribution >= 0.6 is 23.2 Å². The molecule has 9 fully saturated rings. The Labute approximate surface area is 331 Å². The summed E-state index contributed by atoms with van der Waals surface area (Å²) in [7, 11) is -9.85. The number of hydrogen-bond acceptors (Lipinski definition) is 14. The Kier molecular flexibility index (Phi) is 11.4. The van der Waals surface area contributed by atoms with Crippen molar-refractivity contribution in [1.29, 1.82) is 0 Å². The second-order valence-electron chi connectivity index (χ2n) is 17.3. The number of halogens is 2. The normalized spacial score (nSPS) is 55.3. The van der Waals surface area contributed by atoms with E-state index in [4.69, 9.17) is 23.2 Å².